The van der Waals surface area contributed by atoms with Crippen molar-refractivity contribution in [3.63, 3.8) is 0 Å². The van der Waals surface area contributed by atoms with Crippen LogP contribution >= 0.6 is 0 Å². The van der Waals surface area contributed by atoms with Crippen LogP contribution in [0.4, 0.5) is 11.6 Å². The zero-order valence-electron chi connectivity index (χ0n) is 12.6. The summed E-state index contributed by atoms with van der Waals surface area (Å²) in [6.45, 7) is 5.60. The molecule has 1 aliphatic heterocycles. The van der Waals surface area contributed by atoms with Crippen LogP contribution in [0.15, 0.2) is 36.5 Å². The monoisotopic (exact) mass is 286 g/mol. The Morgan fingerprint density at radius 2 is 2.14 bits per heavy atom. The van der Waals surface area contributed by atoms with Crippen molar-refractivity contribution in [2.24, 2.45) is 0 Å². The Morgan fingerprint density at radius 3 is 2.90 bits per heavy atom. The second-order valence-corrected chi connectivity index (χ2v) is 5.60. The molecule has 0 amide bonds. The van der Waals surface area contributed by atoms with Crippen molar-refractivity contribution in [2.75, 3.05) is 32.1 Å². The predicted molar refractivity (Wildman–Crippen MR) is 83.9 cm³/mol. The Kier molecular flexibility index (Phi) is 4.22. The number of ether oxygens (including phenoxy) is 1. The maximum Gasteiger partial charge on any atom is 0.207 e. The van der Waals surface area contributed by atoms with Crippen molar-refractivity contribution in [2.45, 2.75) is 19.6 Å². The molecule has 21 heavy (non-hydrogen) atoms. The molecule has 1 saturated heterocycles. The fourth-order valence-electron chi connectivity index (χ4n) is 2.63. The second kappa shape index (κ2) is 6.28. The van der Waals surface area contributed by atoms with Crippen LogP contribution in [0.2, 0.25) is 0 Å². The zero-order chi connectivity index (χ0) is 14.7. The smallest absolute Gasteiger partial charge is 0.207 e. The predicted octanol–water partition coefficient (Wildman–Crippen LogP) is 2.27. The minimum absolute atomic E-state index is 0.216. The van der Waals surface area contributed by atoms with E-state index in [1.807, 2.05) is 37.3 Å². The molecule has 0 bridgehead atoms. The first-order valence-electron chi connectivity index (χ1n) is 7.37. The molecule has 0 saturated carbocycles. The number of aryl methyl sites for hydroxylation is 1. The SMILES string of the molecule is Cc1cn(CC2CN(C)CCO2)c(Nc2ccccc2)n1. The molecule has 1 fully saturated rings. The maximum atomic E-state index is 5.85. The van der Waals surface area contributed by atoms with Crippen molar-refractivity contribution in [3.8, 4) is 0 Å². The summed E-state index contributed by atoms with van der Waals surface area (Å²) in [5.41, 5.74) is 2.06. The molecule has 1 atom stereocenters. The van der Waals surface area contributed by atoms with Gasteiger partial charge >= 0.3 is 0 Å². The topological polar surface area (TPSA) is 42.3 Å². The van der Waals surface area contributed by atoms with Crippen molar-refractivity contribution < 1.29 is 4.74 Å². The molecule has 1 aliphatic rings. The van der Waals surface area contributed by atoms with E-state index >= 15 is 0 Å². The first kappa shape index (κ1) is 14.1. The van der Waals surface area contributed by atoms with Crippen LogP contribution in [0.25, 0.3) is 0 Å². The van der Waals surface area contributed by atoms with Crippen molar-refractivity contribution in [1.82, 2.24) is 14.5 Å². The first-order valence-corrected chi connectivity index (χ1v) is 7.37. The number of aromatic nitrogens is 2. The van der Waals surface area contributed by atoms with E-state index in [2.05, 4.69) is 33.0 Å². The Hall–Kier alpha value is -1.85. The van der Waals surface area contributed by atoms with Gasteiger partial charge in [-0.1, -0.05) is 18.2 Å². The van der Waals surface area contributed by atoms with Crippen LogP contribution in [-0.4, -0.2) is 47.3 Å². The lowest BCUT2D eigenvalue weighted by Crippen LogP contribution is -2.42. The standard InChI is InChI=1S/C16H22N4O/c1-13-10-20(12-15-11-19(2)8-9-21-15)16(17-13)18-14-6-4-3-5-7-14/h3-7,10,15H,8-9,11-12H2,1-2H3,(H,17,18). The van der Waals surface area contributed by atoms with Gasteiger partial charge in [-0.05, 0) is 26.1 Å². The molecule has 1 N–H and O–H groups in total. The van der Waals surface area contributed by atoms with Gasteiger partial charge in [-0.15, -0.1) is 0 Å². The molecular weight excluding hydrogens is 264 g/mol. The normalized spacial score (nSPS) is 19.6. The van der Waals surface area contributed by atoms with Gasteiger partial charge in [0.25, 0.3) is 0 Å². The van der Waals surface area contributed by atoms with E-state index in [9.17, 15) is 0 Å². The summed E-state index contributed by atoms with van der Waals surface area (Å²) in [6, 6.07) is 10.1. The number of anilines is 2. The maximum absolute atomic E-state index is 5.85. The molecule has 0 aliphatic carbocycles. The highest BCUT2D eigenvalue weighted by atomic mass is 16.5. The van der Waals surface area contributed by atoms with Crippen LogP contribution in [0.1, 0.15) is 5.69 Å². The van der Waals surface area contributed by atoms with E-state index in [1.165, 1.54) is 0 Å². The summed E-state index contributed by atoms with van der Waals surface area (Å²) in [6.07, 6.45) is 2.29. The van der Waals surface area contributed by atoms with Gasteiger partial charge in [0, 0.05) is 25.0 Å². The molecule has 2 aromatic rings. The summed E-state index contributed by atoms with van der Waals surface area (Å²) in [4.78, 5) is 6.88. The highest BCUT2D eigenvalue weighted by molar-refractivity contribution is 5.53. The Balaban J connectivity index is 1.73. The number of imidazole rings is 1. The molecule has 112 valence electrons. The Morgan fingerprint density at radius 1 is 1.33 bits per heavy atom. The van der Waals surface area contributed by atoms with Gasteiger partial charge in [0.05, 0.1) is 24.9 Å². The first-order chi connectivity index (χ1) is 10.2. The van der Waals surface area contributed by atoms with Crippen molar-refractivity contribution >= 4 is 11.6 Å². The van der Waals surface area contributed by atoms with Crippen LogP contribution < -0.4 is 5.32 Å². The number of hydrogen-bond donors (Lipinski definition) is 1. The Labute approximate surface area is 125 Å². The molecule has 5 nitrogen and oxygen atoms in total. The minimum Gasteiger partial charge on any atom is -0.374 e. The van der Waals surface area contributed by atoms with Gasteiger partial charge in [-0.25, -0.2) is 4.98 Å². The fourth-order valence-corrected chi connectivity index (χ4v) is 2.63. The molecular formula is C16H22N4O. The van der Waals surface area contributed by atoms with E-state index in [0.29, 0.717) is 0 Å². The average molecular weight is 286 g/mol. The van der Waals surface area contributed by atoms with Crippen LogP contribution in [0, 0.1) is 6.92 Å². The largest absolute Gasteiger partial charge is 0.374 e. The quantitative estimate of drug-likeness (QED) is 0.936. The number of likely N-dealkylation sites (N-methyl/N-ethyl adjacent to an activating group) is 1. The number of rotatable bonds is 4. The van der Waals surface area contributed by atoms with E-state index in [0.717, 1.165) is 43.6 Å². The molecule has 1 unspecified atom stereocenters. The summed E-state index contributed by atoms with van der Waals surface area (Å²) in [7, 11) is 2.14. The van der Waals surface area contributed by atoms with Crippen LogP contribution in [0.3, 0.4) is 0 Å². The Bertz CT molecular complexity index is 581. The number of nitrogens with one attached hydrogen (secondary N) is 1. The lowest BCUT2D eigenvalue weighted by atomic mass is 10.3. The van der Waals surface area contributed by atoms with Gasteiger partial charge < -0.3 is 19.5 Å². The van der Waals surface area contributed by atoms with Gasteiger partial charge in [0.1, 0.15) is 0 Å². The number of para-hydroxylation sites is 1. The summed E-state index contributed by atoms with van der Waals surface area (Å²) >= 11 is 0. The number of benzene rings is 1. The third-order valence-corrected chi connectivity index (χ3v) is 3.67. The van der Waals surface area contributed by atoms with Crippen LogP contribution in [-0.2, 0) is 11.3 Å². The summed E-state index contributed by atoms with van der Waals surface area (Å²) in [5.74, 6) is 0.871. The van der Waals surface area contributed by atoms with Gasteiger partial charge in [-0.2, -0.15) is 0 Å². The zero-order valence-corrected chi connectivity index (χ0v) is 12.6. The van der Waals surface area contributed by atoms with Crippen molar-refractivity contribution in [1.29, 1.82) is 0 Å². The highest BCUT2D eigenvalue weighted by Gasteiger charge is 2.19. The molecule has 0 spiro atoms. The molecule has 1 aromatic carbocycles. The molecule has 2 heterocycles. The van der Waals surface area contributed by atoms with Gasteiger partial charge in [0.15, 0.2) is 0 Å². The average Bonchev–Trinajstić information content (AvgIpc) is 2.80. The second-order valence-electron chi connectivity index (χ2n) is 5.60. The third-order valence-electron chi connectivity index (χ3n) is 3.67. The van der Waals surface area contributed by atoms with Gasteiger partial charge in [-0.3, -0.25) is 0 Å². The van der Waals surface area contributed by atoms with Gasteiger partial charge in [0.2, 0.25) is 5.95 Å². The van der Waals surface area contributed by atoms with E-state index in [4.69, 9.17) is 4.74 Å². The summed E-state index contributed by atoms with van der Waals surface area (Å²) < 4.78 is 7.99. The molecule has 3 rings (SSSR count). The number of nitrogens with zero attached hydrogens (tertiary/aromatic N) is 3. The van der Waals surface area contributed by atoms with E-state index in [-0.39, 0.29) is 6.10 Å². The number of hydrogen-bond acceptors (Lipinski definition) is 4. The fraction of sp³-hybridized carbons (Fsp3) is 0.438. The number of morpholine rings is 1. The lowest BCUT2D eigenvalue weighted by Gasteiger charge is -2.30. The van der Waals surface area contributed by atoms with Crippen LogP contribution in [0.5, 0.6) is 0 Å². The lowest BCUT2D eigenvalue weighted by molar-refractivity contribution is -0.0272. The minimum atomic E-state index is 0.216. The van der Waals surface area contributed by atoms with Crippen molar-refractivity contribution in [3.05, 3.63) is 42.2 Å². The van der Waals surface area contributed by atoms with E-state index in [1.54, 1.807) is 0 Å². The molecule has 1 aromatic heterocycles. The van der Waals surface area contributed by atoms with E-state index < -0.39 is 0 Å². The summed E-state index contributed by atoms with van der Waals surface area (Å²) in [5, 5.41) is 3.38. The third kappa shape index (κ3) is 3.62. The molecule has 0 radical (unpaired) electrons. The highest BCUT2D eigenvalue weighted by Crippen LogP contribution is 2.17. The molecule has 5 heteroatoms.